The van der Waals surface area contributed by atoms with E-state index in [-0.39, 0.29) is 23.5 Å². The molecule has 1 atom stereocenters. The van der Waals surface area contributed by atoms with Crippen LogP contribution in [0.4, 0.5) is 4.39 Å². The lowest BCUT2D eigenvalue weighted by atomic mass is 10.1. The van der Waals surface area contributed by atoms with Crippen LogP contribution in [0.2, 0.25) is 0 Å². The van der Waals surface area contributed by atoms with E-state index < -0.39 is 0 Å². The molecule has 0 aliphatic carbocycles. The van der Waals surface area contributed by atoms with Gasteiger partial charge in [0.25, 0.3) is 0 Å². The molecule has 140 valence electrons. The van der Waals surface area contributed by atoms with Crippen molar-refractivity contribution in [3.63, 3.8) is 0 Å². The zero-order valence-electron chi connectivity index (χ0n) is 15.3. The smallest absolute Gasteiger partial charge is 0.230 e. The van der Waals surface area contributed by atoms with Gasteiger partial charge in [-0.05, 0) is 60.5 Å². The Bertz CT molecular complexity index is 942. The lowest BCUT2D eigenvalue weighted by Gasteiger charge is -2.14. The van der Waals surface area contributed by atoms with Crippen LogP contribution in [-0.2, 0) is 4.79 Å². The molecule has 2 aromatic carbocycles. The lowest BCUT2D eigenvalue weighted by Crippen LogP contribution is -2.28. The van der Waals surface area contributed by atoms with Crippen molar-refractivity contribution in [2.75, 3.05) is 5.75 Å². The fourth-order valence-corrected chi connectivity index (χ4v) is 3.41. The predicted octanol–water partition coefficient (Wildman–Crippen LogP) is 3.39. The summed E-state index contributed by atoms with van der Waals surface area (Å²) in [6.45, 7) is 5.88. The van der Waals surface area contributed by atoms with Crippen LogP contribution in [0.25, 0.3) is 5.69 Å². The van der Waals surface area contributed by atoms with Gasteiger partial charge in [0.05, 0.1) is 17.5 Å². The third-order valence-corrected chi connectivity index (χ3v) is 5.02. The van der Waals surface area contributed by atoms with Crippen molar-refractivity contribution >= 4 is 17.7 Å². The topological polar surface area (TPSA) is 72.7 Å². The van der Waals surface area contributed by atoms with E-state index in [4.69, 9.17) is 0 Å². The molecule has 0 aliphatic rings. The molecule has 8 heteroatoms. The van der Waals surface area contributed by atoms with Gasteiger partial charge < -0.3 is 5.32 Å². The lowest BCUT2D eigenvalue weighted by molar-refractivity contribution is -0.119. The van der Waals surface area contributed by atoms with Crippen molar-refractivity contribution in [3.8, 4) is 5.69 Å². The first-order valence-corrected chi connectivity index (χ1v) is 9.46. The van der Waals surface area contributed by atoms with Gasteiger partial charge in [-0.25, -0.2) is 4.39 Å². The maximum atomic E-state index is 13.0. The summed E-state index contributed by atoms with van der Waals surface area (Å²) >= 11 is 1.26. The molecule has 0 saturated carbocycles. The second kappa shape index (κ2) is 8.30. The first-order chi connectivity index (χ1) is 12.9. The summed E-state index contributed by atoms with van der Waals surface area (Å²) < 4.78 is 14.6. The van der Waals surface area contributed by atoms with Crippen LogP contribution in [0.3, 0.4) is 0 Å². The van der Waals surface area contributed by atoms with Crippen molar-refractivity contribution in [3.05, 3.63) is 65.0 Å². The highest BCUT2D eigenvalue weighted by Crippen LogP contribution is 2.21. The number of nitrogens with one attached hydrogen (secondary N) is 1. The summed E-state index contributed by atoms with van der Waals surface area (Å²) in [5.41, 5.74) is 3.94. The molecule has 1 amide bonds. The van der Waals surface area contributed by atoms with E-state index in [9.17, 15) is 9.18 Å². The molecular weight excluding hydrogens is 365 g/mol. The number of hydrogen-bond donors (Lipinski definition) is 1. The Balaban J connectivity index is 1.63. The molecule has 0 radical (unpaired) electrons. The van der Waals surface area contributed by atoms with E-state index in [1.807, 2.05) is 32.9 Å². The fourth-order valence-electron chi connectivity index (χ4n) is 2.71. The van der Waals surface area contributed by atoms with Crippen molar-refractivity contribution in [2.24, 2.45) is 0 Å². The average molecular weight is 385 g/mol. The van der Waals surface area contributed by atoms with Gasteiger partial charge in [-0.2, -0.15) is 4.68 Å². The molecule has 1 heterocycles. The highest BCUT2D eigenvalue weighted by molar-refractivity contribution is 7.99. The van der Waals surface area contributed by atoms with E-state index in [1.54, 1.807) is 16.8 Å². The van der Waals surface area contributed by atoms with E-state index in [2.05, 4.69) is 26.9 Å². The van der Waals surface area contributed by atoms with Gasteiger partial charge in [0.1, 0.15) is 5.82 Å². The number of nitrogens with zero attached hydrogens (tertiary/aromatic N) is 4. The molecule has 0 aliphatic heterocycles. The Morgan fingerprint density at radius 1 is 1.22 bits per heavy atom. The van der Waals surface area contributed by atoms with E-state index >= 15 is 0 Å². The van der Waals surface area contributed by atoms with E-state index in [0.29, 0.717) is 5.16 Å². The number of tetrazole rings is 1. The third kappa shape index (κ3) is 4.71. The molecule has 1 N–H and O–H groups in total. The standard InChI is InChI=1S/C19H20FN5OS/c1-12-4-9-17(13(2)10-12)25-19(22-23-24-25)27-11-18(26)21-14(3)15-5-7-16(20)8-6-15/h4-10,14H,11H2,1-3H3,(H,21,26). The monoisotopic (exact) mass is 385 g/mol. The third-order valence-electron chi connectivity index (χ3n) is 4.10. The number of halogens is 1. The van der Waals surface area contributed by atoms with Gasteiger partial charge in [-0.3, -0.25) is 4.79 Å². The van der Waals surface area contributed by atoms with Crippen LogP contribution in [0.1, 0.15) is 29.7 Å². The molecule has 3 rings (SSSR count). The number of thioether (sulfide) groups is 1. The molecule has 0 spiro atoms. The molecule has 0 fully saturated rings. The minimum atomic E-state index is -0.300. The summed E-state index contributed by atoms with van der Waals surface area (Å²) in [5.74, 6) is -0.269. The number of benzene rings is 2. The zero-order chi connectivity index (χ0) is 19.4. The maximum absolute atomic E-state index is 13.0. The van der Waals surface area contributed by atoms with Crippen LogP contribution in [-0.4, -0.2) is 31.9 Å². The minimum Gasteiger partial charge on any atom is -0.349 e. The number of rotatable bonds is 6. The second-order valence-electron chi connectivity index (χ2n) is 6.29. The Labute approximate surface area is 161 Å². The molecule has 27 heavy (non-hydrogen) atoms. The van der Waals surface area contributed by atoms with Crippen LogP contribution in [0.5, 0.6) is 0 Å². The van der Waals surface area contributed by atoms with Gasteiger partial charge in [-0.1, -0.05) is 41.6 Å². The highest BCUT2D eigenvalue weighted by atomic mass is 32.2. The SMILES string of the molecule is Cc1ccc(-n2nnnc2SCC(=O)NC(C)c2ccc(F)cc2)c(C)c1. The van der Waals surface area contributed by atoms with Crippen LogP contribution in [0, 0.1) is 19.7 Å². The Morgan fingerprint density at radius 2 is 1.96 bits per heavy atom. The largest absolute Gasteiger partial charge is 0.349 e. The van der Waals surface area contributed by atoms with Crippen molar-refractivity contribution in [2.45, 2.75) is 32.0 Å². The van der Waals surface area contributed by atoms with E-state index in [0.717, 1.165) is 22.4 Å². The number of aromatic nitrogens is 4. The quantitative estimate of drug-likeness (QED) is 0.659. The average Bonchev–Trinajstić information content (AvgIpc) is 3.09. The van der Waals surface area contributed by atoms with Crippen molar-refractivity contribution in [1.82, 2.24) is 25.5 Å². The Kier molecular flexibility index (Phi) is 5.85. The summed E-state index contributed by atoms with van der Waals surface area (Å²) in [5, 5.41) is 15.2. The first kappa shape index (κ1) is 19.0. The summed E-state index contributed by atoms with van der Waals surface area (Å²) in [7, 11) is 0. The molecule has 1 unspecified atom stereocenters. The molecule has 0 bridgehead atoms. The molecule has 1 aromatic heterocycles. The summed E-state index contributed by atoms with van der Waals surface area (Å²) in [6.07, 6.45) is 0. The zero-order valence-corrected chi connectivity index (χ0v) is 16.1. The van der Waals surface area contributed by atoms with Crippen molar-refractivity contribution < 1.29 is 9.18 Å². The highest BCUT2D eigenvalue weighted by Gasteiger charge is 2.15. The number of hydrogen-bond acceptors (Lipinski definition) is 5. The molecule has 0 saturated heterocycles. The van der Waals surface area contributed by atoms with Crippen LogP contribution < -0.4 is 5.32 Å². The van der Waals surface area contributed by atoms with Gasteiger partial charge in [0, 0.05) is 0 Å². The molecule has 3 aromatic rings. The summed E-state index contributed by atoms with van der Waals surface area (Å²) in [6, 6.07) is 11.9. The van der Waals surface area contributed by atoms with Crippen LogP contribution >= 0.6 is 11.8 Å². The fraction of sp³-hybridized carbons (Fsp3) is 0.263. The van der Waals surface area contributed by atoms with Gasteiger partial charge in [-0.15, -0.1) is 5.10 Å². The van der Waals surface area contributed by atoms with Crippen LogP contribution in [0.15, 0.2) is 47.6 Å². The van der Waals surface area contributed by atoms with Gasteiger partial charge in [0.15, 0.2) is 0 Å². The summed E-state index contributed by atoms with van der Waals surface area (Å²) in [4.78, 5) is 12.3. The molecular formula is C19H20FN5OS. The number of amides is 1. The number of carbonyl (C=O) groups is 1. The second-order valence-corrected chi connectivity index (χ2v) is 7.24. The number of aryl methyl sites for hydroxylation is 2. The van der Waals surface area contributed by atoms with Crippen molar-refractivity contribution in [1.29, 1.82) is 0 Å². The first-order valence-electron chi connectivity index (χ1n) is 8.47. The minimum absolute atomic E-state index is 0.146. The Morgan fingerprint density at radius 3 is 2.67 bits per heavy atom. The Hall–Kier alpha value is -2.74. The van der Waals surface area contributed by atoms with Gasteiger partial charge in [0.2, 0.25) is 11.1 Å². The maximum Gasteiger partial charge on any atom is 0.230 e. The molecule has 6 nitrogen and oxygen atoms in total. The number of carbonyl (C=O) groups excluding carboxylic acids is 1. The van der Waals surface area contributed by atoms with Gasteiger partial charge >= 0.3 is 0 Å². The predicted molar refractivity (Wildman–Crippen MR) is 102 cm³/mol. The van der Waals surface area contributed by atoms with E-state index in [1.165, 1.54) is 23.9 Å². The normalized spacial score (nSPS) is 12.0.